The van der Waals surface area contributed by atoms with Gasteiger partial charge in [-0.25, -0.2) is 14.5 Å². The summed E-state index contributed by atoms with van der Waals surface area (Å²) < 4.78 is 3.13. The summed E-state index contributed by atoms with van der Waals surface area (Å²) in [6.45, 7) is 1.80. The van der Waals surface area contributed by atoms with Crippen LogP contribution < -0.4 is 16.8 Å². The minimum Gasteiger partial charge on any atom is -0.384 e. The largest absolute Gasteiger partial charge is 0.384 e. The summed E-state index contributed by atoms with van der Waals surface area (Å²) in [7, 11) is 0. The predicted molar refractivity (Wildman–Crippen MR) is 97.9 cm³/mol. The molecule has 132 valence electrons. The molecule has 0 aliphatic rings. The minimum absolute atomic E-state index is 0.101. The quantitative estimate of drug-likeness (QED) is 0.503. The molecule has 4 aromatic heterocycles. The summed E-state index contributed by atoms with van der Waals surface area (Å²) >= 11 is 6.29. The van der Waals surface area contributed by atoms with Gasteiger partial charge in [-0.05, 0) is 19.1 Å². The third-order valence-corrected chi connectivity index (χ3v) is 4.49. The van der Waals surface area contributed by atoms with Gasteiger partial charge >= 0.3 is 0 Å². The van der Waals surface area contributed by atoms with Crippen molar-refractivity contribution in [1.82, 2.24) is 29.3 Å². The number of anilines is 2. The molecule has 1 unspecified atom stereocenters. The molecule has 5 N–H and O–H groups in total. The molecule has 0 saturated heterocycles. The summed E-state index contributed by atoms with van der Waals surface area (Å²) in [5.41, 5.74) is 14.1. The third kappa shape index (κ3) is 2.40. The summed E-state index contributed by atoms with van der Waals surface area (Å²) in [5.74, 6) is 0.148. The van der Waals surface area contributed by atoms with Gasteiger partial charge in [0, 0.05) is 18.0 Å². The van der Waals surface area contributed by atoms with E-state index in [1.54, 1.807) is 48.4 Å². The monoisotopic (exact) mass is 370 g/mol. The van der Waals surface area contributed by atoms with E-state index in [9.17, 15) is 4.79 Å². The van der Waals surface area contributed by atoms with Crippen molar-refractivity contribution in [2.75, 3.05) is 11.5 Å². The number of pyridine rings is 1. The van der Waals surface area contributed by atoms with Crippen molar-refractivity contribution < 1.29 is 4.79 Å². The van der Waals surface area contributed by atoms with Crippen molar-refractivity contribution in [1.29, 1.82) is 0 Å². The van der Waals surface area contributed by atoms with Gasteiger partial charge in [-0.3, -0.25) is 9.20 Å². The van der Waals surface area contributed by atoms with Crippen molar-refractivity contribution in [2.24, 2.45) is 0 Å². The lowest BCUT2D eigenvalue weighted by Gasteiger charge is -2.17. The van der Waals surface area contributed by atoms with E-state index in [1.807, 2.05) is 0 Å². The summed E-state index contributed by atoms with van der Waals surface area (Å²) in [6, 6.07) is 2.99. The van der Waals surface area contributed by atoms with Gasteiger partial charge in [0.1, 0.15) is 17.7 Å². The second-order valence-electron chi connectivity index (χ2n) is 5.82. The van der Waals surface area contributed by atoms with Crippen LogP contribution in [0.3, 0.4) is 0 Å². The molecule has 1 atom stereocenters. The normalized spacial score (nSPS) is 12.5. The first kappa shape index (κ1) is 16.2. The van der Waals surface area contributed by atoms with Crippen LogP contribution in [0.25, 0.3) is 11.2 Å². The van der Waals surface area contributed by atoms with Crippen LogP contribution in [0.15, 0.2) is 37.1 Å². The Morgan fingerprint density at radius 3 is 3.00 bits per heavy atom. The van der Waals surface area contributed by atoms with Crippen molar-refractivity contribution in [3.63, 3.8) is 0 Å². The average molecular weight is 371 g/mol. The molecule has 4 rings (SSSR count). The molecule has 4 aromatic rings. The van der Waals surface area contributed by atoms with Crippen LogP contribution >= 0.6 is 11.6 Å². The SMILES string of the molecule is CC(NC(=O)c1c(N)nn2cccnc12)c1cc(Cl)c2cncn2c1N. The zero-order valence-corrected chi connectivity index (χ0v) is 14.5. The highest BCUT2D eigenvalue weighted by molar-refractivity contribution is 6.34. The Balaban J connectivity index is 1.70. The first-order valence-corrected chi connectivity index (χ1v) is 8.14. The molecule has 10 heteroatoms. The standard InChI is InChI=1S/C16H15ClN8O/c1-8(9-5-10(17)11-6-20-7-24(11)14(9)19)22-16(26)12-13(18)23-25-4-2-3-21-15(12)25/h2-8H,19H2,1H3,(H2,18,23)(H,22,26). The molecule has 9 nitrogen and oxygen atoms in total. The fourth-order valence-corrected chi connectivity index (χ4v) is 3.16. The minimum atomic E-state index is -0.426. The fraction of sp³-hybridized carbons (Fsp3) is 0.125. The lowest BCUT2D eigenvalue weighted by atomic mass is 10.1. The number of nitrogens with two attached hydrogens (primary N) is 2. The van der Waals surface area contributed by atoms with Gasteiger partial charge in [-0.2, -0.15) is 0 Å². The van der Waals surface area contributed by atoms with E-state index in [0.29, 0.717) is 27.6 Å². The van der Waals surface area contributed by atoms with E-state index in [-0.39, 0.29) is 11.4 Å². The van der Waals surface area contributed by atoms with E-state index in [2.05, 4.69) is 20.4 Å². The van der Waals surface area contributed by atoms with Crippen LogP contribution in [-0.4, -0.2) is 29.9 Å². The number of hydrogen-bond acceptors (Lipinski definition) is 6. The molecule has 0 saturated carbocycles. The van der Waals surface area contributed by atoms with E-state index < -0.39 is 11.9 Å². The number of imidazole rings is 1. The molecule has 26 heavy (non-hydrogen) atoms. The van der Waals surface area contributed by atoms with Crippen molar-refractivity contribution in [3.8, 4) is 0 Å². The number of nitrogens with one attached hydrogen (secondary N) is 1. The number of nitrogen functional groups attached to an aromatic ring is 2. The Bertz CT molecular complexity index is 1150. The molecular formula is C16H15ClN8O. The van der Waals surface area contributed by atoms with E-state index in [4.69, 9.17) is 23.1 Å². The van der Waals surface area contributed by atoms with Gasteiger partial charge in [-0.15, -0.1) is 5.10 Å². The Morgan fingerprint density at radius 2 is 2.19 bits per heavy atom. The highest BCUT2D eigenvalue weighted by Gasteiger charge is 2.22. The summed E-state index contributed by atoms with van der Waals surface area (Å²) in [6.07, 6.45) is 6.43. The van der Waals surface area contributed by atoms with E-state index >= 15 is 0 Å². The molecule has 0 radical (unpaired) electrons. The van der Waals surface area contributed by atoms with Crippen molar-refractivity contribution >= 4 is 40.3 Å². The molecule has 4 heterocycles. The molecule has 0 aromatic carbocycles. The maximum absolute atomic E-state index is 12.8. The van der Waals surface area contributed by atoms with Gasteiger partial charge in [0.05, 0.1) is 22.8 Å². The number of rotatable bonds is 3. The Morgan fingerprint density at radius 1 is 1.38 bits per heavy atom. The molecular weight excluding hydrogens is 356 g/mol. The Labute approximate surface area is 152 Å². The van der Waals surface area contributed by atoms with Gasteiger partial charge in [0.15, 0.2) is 11.5 Å². The number of amides is 1. The van der Waals surface area contributed by atoms with Crippen LogP contribution in [0.4, 0.5) is 11.6 Å². The van der Waals surface area contributed by atoms with Crippen LogP contribution in [0, 0.1) is 0 Å². The molecule has 0 aliphatic carbocycles. The second kappa shape index (κ2) is 5.88. The smallest absolute Gasteiger partial charge is 0.259 e. The number of halogens is 1. The van der Waals surface area contributed by atoms with Gasteiger partial charge in [0.2, 0.25) is 0 Å². The van der Waals surface area contributed by atoms with Crippen LogP contribution in [-0.2, 0) is 0 Å². The molecule has 0 fully saturated rings. The molecule has 0 spiro atoms. The molecule has 0 aliphatic heterocycles. The maximum Gasteiger partial charge on any atom is 0.259 e. The second-order valence-corrected chi connectivity index (χ2v) is 6.23. The highest BCUT2D eigenvalue weighted by Crippen LogP contribution is 2.28. The first-order valence-electron chi connectivity index (χ1n) is 7.77. The number of carbonyl (C=O) groups excluding carboxylic acids is 1. The van der Waals surface area contributed by atoms with E-state index in [1.165, 1.54) is 4.52 Å². The number of aromatic nitrogens is 5. The number of fused-ring (bicyclic) bond motifs is 2. The number of hydrogen-bond donors (Lipinski definition) is 3. The summed E-state index contributed by atoms with van der Waals surface area (Å²) in [4.78, 5) is 21.0. The third-order valence-electron chi connectivity index (χ3n) is 4.18. The van der Waals surface area contributed by atoms with Crippen LogP contribution in [0.2, 0.25) is 5.02 Å². The van der Waals surface area contributed by atoms with Crippen molar-refractivity contribution in [2.45, 2.75) is 13.0 Å². The van der Waals surface area contributed by atoms with Crippen molar-refractivity contribution in [3.05, 3.63) is 53.2 Å². The lowest BCUT2D eigenvalue weighted by molar-refractivity contribution is 0.0942. The maximum atomic E-state index is 12.8. The van der Waals surface area contributed by atoms with E-state index in [0.717, 1.165) is 0 Å². The van der Waals surface area contributed by atoms with Gasteiger partial charge < -0.3 is 16.8 Å². The topological polar surface area (TPSA) is 129 Å². The summed E-state index contributed by atoms with van der Waals surface area (Å²) in [5, 5.41) is 7.46. The molecule has 1 amide bonds. The number of carbonyl (C=O) groups is 1. The number of nitrogens with zero attached hydrogens (tertiary/aromatic N) is 5. The van der Waals surface area contributed by atoms with Crippen LogP contribution in [0.5, 0.6) is 0 Å². The fourth-order valence-electron chi connectivity index (χ4n) is 2.90. The predicted octanol–water partition coefficient (Wildman–Crippen LogP) is 1.69. The first-order chi connectivity index (χ1) is 12.5. The van der Waals surface area contributed by atoms with Gasteiger partial charge in [-0.1, -0.05) is 11.6 Å². The van der Waals surface area contributed by atoms with Gasteiger partial charge in [0.25, 0.3) is 5.91 Å². The lowest BCUT2D eigenvalue weighted by Crippen LogP contribution is -2.28. The Kier molecular flexibility index (Phi) is 3.66. The molecule has 0 bridgehead atoms. The van der Waals surface area contributed by atoms with Crippen LogP contribution in [0.1, 0.15) is 28.9 Å². The zero-order valence-electron chi connectivity index (χ0n) is 13.7. The zero-order chi connectivity index (χ0) is 18.4. The highest BCUT2D eigenvalue weighted by atomic mass is 35.5. The Hall–Kier alpha value is -3.33. The average Bonchev–Trinajstić information content (AvgIpc) is 3.22.